The molecular formula is C64H50MgN4O12S4. The van der Waals surface area contributed by atoms with Crippen molar-refractivity contribution in [3.63, 3.8) is 0 Å². The van der Waals surface area contributed by atoms with Gasteiger partial charge in [-0.1, -0.05) is 170 Å². The first-order valence-corrected chi connectivity index (χ1v) is 31.1. The molecule has 0 saturated carbocycles. The van der Waals surface area contributed by atoms with E-state index in [1.54, 1.807) is 97.1 Å². The SMILES string of the molecule is O=S(=O)(O)c1cccc2cccc(Nc3ccccc3)c12.O=S(=O)(O)c1cccc2cccc(Nc3ccccc3)c12.O=S(=O)([O-])c1cccc2cccc(Nc3ccccc3)c12.O=S(=O)([O-])c1cccc2cccc(Nc3ccccc3)c12.[Mg+2]. The largest absolute Gasteiger partial charge is 2.00 e. The van der Waals surface area contributed by atoms with Crippen molar-refractivity contribution < 1.29 is 51.9 Å². The number of benzene rings is 12. The molecule has 21 heteroatoms. The molecule has 12 rings (SSSR count). The molecule has 0 radical (unpaired) electrons. The number of para-hydroxylation sites is 4. The number of nitrogens with one attached hydrogen (secondary N) is 4. The van der Waals surface area contributed by atoms with Crippen molar-refractivity contribution in [2.75, 3.05) is 21.3 Å². The Kier molecular flexibility index (Phi) is 20.0. The van der Waals surface area contributed by atoms with Crippen LogP contribution in [0.4, 0.5) is 45.5 Å². The van der Waals surface area contributed by atoms with Gasteiger partial charge >= 0.3 is 23.1 Å². The quantitative estimate of drug-likeness (QED) is 0.0490. The molecule has 0 spiro atoms. The van der Waals surface area contributed by atoms with E-state index < -0.39 is 40.5 Å². The van der Waals surface area contributed by atoms with Crippen molar-refractivity contribution in [3.8, 4) is 0 Å². The van der Waals surface area contributed by atoms with Crippen LogP contribution in [0.3, 0.4) is 0 Å². The summed E-state index contributed by atoms with van der Waals surface area (Å²) in [7, 11) is -17.6. The van der Waals surface area contributed by atoms with Gasteiger partial charge in [-0.2, -0.15) is 16.8 Å². The van der Waals surface area contributed by atoms with Crippen LogP contribution >= 0.6 is 0 Å². The zero-order valence-corrected chi connectivity index (χ0v) is 49.4. The van der Waals surface area contributed by atoms with E-state index in [4.69, 9.17) is 0 Å². The van der Waals surface area contributed by atoms with Crippen LogP contribution in [0.5, 0.6) is 0 Å². The second-order valence-corrected chi connectivity index (χ2v) is 23.9. The summed E-state index contributed by atoms with van der Waals surface area (Å²) in [5.41, 5.74) is 5.78. The number of hydrogen-bond acceptors (Lipinski definition) is 14. The Labute approximate surface area is 508 Å². The van der Waals surface area contributed by atoms with E-state index in [-0.39, 0.29) is 42.6 Å². The van der Waals surface area contributed by atoms with Crippen molar-refractivity contribution in [1.29, 1.82) is 0 Å². The molecule has 0 amide bonds. The van der Waals surface area contributed by atoms with Gasteiger partial charge in [0.1, 0.15) is 30.0 Å². The van der Waals surface area contributed by atoms with Crippen LogP contribution in [0.1, 0.15) is 0 Å². The number of anilines is 8. The van der Waals surface area contributed by atoms with Crippen LogP contribution < -0.4 is 21.3 Å². The van der Waals surface area contributed by atoms with Crippen LogP contribution in [-0.2, 0) is 40.5 Å². The first kappa shape index (κ1) is 62.3. The molecule has 0 aromatic heterocycles. The van der Waals surface area contributed by atoms with E-state index in [0.717, 1.165) is 33.5 Å². The monoisotopic (exact) mass is 1220 g/mol. The molecule has 0 fully saturated rings. The predicted molar refractivity (Wildman–Crippen MR) is 336 cm³/mol. The average Bonchev–Trinajstić information content (AvgIpc) is 1.98. The Morgan fingerprint density at radius 3 is 0.635 bits per heavy atom. The molecule has 0 aliphatic carbocycles. The van der Waals surface area contributed by atoms with Crippen LogP contribution in [0, 0.1) is 0 Å². The minimum atomic E-state index is -4.53. The Morgan fingerprint density at radius 2 is 0.435 bits per heavy atom. The molecule has 0 aliphatic heterocycles. The fourth-order valence-corrected chi connectivity index (χ4v) is 12.1. The maximum atomic E-state index is 11.6. The Hall–Kier alpha value is -8.71. The van der Waals surface area contributed by atoms with Crippen molar-refractivity contribution in [2.24, 2.45) is 0 Å². The second kappa shape index (κ2) is 27.3. The van der Waals surface area contributed by atoms with Crippen molar-refractivity contribution >= 4 is 152 Å². The van der Waals surface area contributed by atoms with Crippen molar-refractivity contribution in [1.82, 2.24) is 0 Å². The van der Waals surface area contributed by atoms with E-state index in [1.165, 1.54) is 24.3 Å². The minimum absolute atomic E-state index is 0. The third-order valence-corrected chi connectivity index (χ3v) is 16.3. The van der Waals surface area contributed by atoms with Gasteiger partial charge in [0.15, 0.2) is 0 Å². The molecule has 0 aliphatic rings. The van der Waals surface area contributed by atoms with Crippen molar-refractivity contribution in [3.05, 3.63) is 267 Å². The van der Waals surface area contributed by atoms with Gasteiger partial charge in [-0.3, -0.25) is 9.11 Å². The molecule has 0 saturated heterocycles. The third kappa shape index (κ3) is 15.9. The average molecular weight is 1220 g/mol. The number of fused-ring (bicyclic) bond motifs is 4. The molecule has 6 N–H and O–H groups in total. The smallest absolute Gasteiger partial charge is 0.744 e. The van der Waals surface area contributed by atoms with E-state index >= 15 is 0 Å². The van der Waals surface area contributed by atoms with E-state index in [9.17, 15) is 51.9 Å². The molecule has 424 valence electrons. The second-order valence-electron chi connectivity index (χ2n) is 18.5. The van der Waals surface area contributed by atoms with Crippen LogP contribution in [0.25, 0.3) is 43.1 Å². The zero-order valence-electron chi connectivity index (χ0n) is 44.7. The summed E-state index contributed by atoms with van der Waals surface area (Å²) in [4.78, 5) is -0.615. The van der Waals surface area contributed by atoms with Gasteiger partial charge in [0.25, 0.3) is 20.2 Å². The van der Waals surface area contributed by atoms with Gasteiger partial charge < -0.3 is 30.4 Å². The Bertz CT molecular complexity index is 4160. The van der Waals surface area contributed by atoms with Crippen LogP contribution in [0.15, 0.2) is 287 Å². The van der Waals surface area contributed by atoms with E-state index in [1.807, 2.05) is 146 Å². The molecule has 0 bridgehead atoms. The minimum Gasteiger partial charge on any atom is -0.744 e. The zero-order chi connectivity index (χ0) is 59.5. The van der Waals surface area contributed by atoms with E-state index in [0.29, 0.717) is 55.1 Å². The topological polar surface area (TPSA) is 271 Å². The fraction of sp³-hybridized carbons (Fsp3) is 0. The van der Waals surface area contributed by atoms with Crippen molar-refractivity contribution in [2.45, 2.75) is 19.6 Å². The van der Waals surface area contributed by atoms with Crippen LogP contribution in [0.2, 0.25) is 0 Å². The van der Waals surface area contributed by atoms with Gasteiger partial charge in [0.05, 0.1) is 9.79 Å². The third-order valence-electron chi connectivity index (χ3n) is 12.8. The van der Waals surface area contributed by atoms with Crippen LogP contribution in [-0.4, -0.2) is 74.9 Å². The van der Waals surface area contributed by atoms with Gasteiger partial charge in [0, 0.05) is 67.0 Å². The maximum absolute atomic E-state index is 11.6. The summed E-state index contributed by atoms with van der Waals surface area (Å²) in [6, 6.07) is 78.2. The molecule has 12 aromatic carbocycles. The number of hydrogen-bond donors (Lipinski definition) is 6. The summed E-state index contributed by atoms with van der Waals surface area (Å²) in [6.07, 6.45) is 0. The summed E-state index contributed by atoms with van der Waals surface area (Å²) in [5.74, 6) is 0. The standard InChI is InChI=1S/4C16H13NO3S.Mg/c4*18-21(19,20)15-11-5-7-12-6-4-10-14(16(12)15)17-13-8-2-1-3-9-13;/h4*1-11,17H,(H,18,19,20);/q;;;;+2/p-2. The fourth-order valence-electron chi connectivity index (χ4n) is 9.20. The Balaban J connectivity index is 0.000000147. The molecule has 85 heavy (non-hydrogen) atoms. The summed E-state index contributed by atoms with van der Waals surface area (Å²) in [6.45, 7) is 0. The predicted octanol–water partition coefficient (Wildman–Crippen LogP) is 14.3. The molecule has 16 nitrogen and oxygen atoms in total. The normalized spacial score (nSPS) is 11.3. The first-order valence-electron chi connectivity index (χ1n) is 25.4. The summed E-state index contributed by atoms with van der Waals surface area (Å²) < 4.78 is 134. The molecule has 0 atom stereocenters. The van der Waals surface area contributed by atoms with Gasteiger partial charge in [-0.05, 0) is 119 Å². The summed E-state index contributed by atoms with van der Waals surface area (Å²) in [5, 5.41) is 17.4. The summed E-state index contributed by atoms with van der Waals surface area (Å²) >= 11 is 0. The Morgan fingerprint density at radius 1 is 0.247 bits per heavy atom. The maximum Gasteiger partial charge on any atom is 2.00 e. The van der Waals surface area contributed by atoms with Gasteiger partial charge in [-0.15, -0.1) is 0 Å². The van der Waals surface area contributed by atoms with E-state index in [2.05, 4.69) is 21.3 Å². The molecule has 12 aromatic rings. The number of rotatable bonds is 12. The molecule has 0 heterocycles. The first-order chi connectivity index (χ1) is 40.2. The molecule has 0 unspecified atom stereocenters. The van der Waals surface area contributed by atoms with Gasteiger partial charge in [-0.25, -0.2) is 16.8 Å². The molecular weight excluding hydrogens is 1170 g/mol. The van der Waals surface area contributed by atoms with Gasteiger partial charge in [0.2, 0.25) is 0 Å².